The van der Waals surface area contributed by atoms with Crippen molar-refractivity contribution in [1.29, 1.82) is 0 Å². The summed E-state index contributed by atoms with van der Waals surface area (Å²) in [5.41, 5.74) is -0.106. The summed E-state index contributed by atoms with van der Waals surface area (Å²) in [6, 6.07) is 3.90. The van der Waals surface area contributed by atoms with Crippen LogP contribution in [0.1, 0.15) is 12.8 Å². The molecule has 0 saturated carbocycles. The first-order valence-corrected chi connectivity index (χ1v) is 7.53. The average molecular weight is 298 g/mol. The lowest BCUT2D eigenvalue weighted by Crippen LogP contribution is -2.34. The fraction of sp³-hybridized carbons (Fsp3) is 0.467. The fourth-order valence-corrected chi connectivity index (χ4v) is 3.25. The first-order chi connectivity index (χ1) is 10.8. The molecule has 114 valence electrons. The number of anilines is 2. The Morgan fingerprint density at radius 2 is 1.82 bits per heavy atom. The van der Waals surface area contributed by atoms with Crippen LogP contribution < -0.4 is 10.2 Å². The minimum absolute atomic E-state index is 0.106. The number of ether oxygens (including phenoxy) is 1. The molecule has 0 amide bonds. The maximum absolute atomic E-state index is 6.12. The molecule has 4 rings (SSSR count). The molecule has 1 spiro atoms. The third-order valence-electron chi connectivity index (χ3n) is 4.26. The molecule has 2 fully saturated rings. The van der Waals surface area contributed by atoms with Crippen LogP contribution in [0.5, 0.6) is 0 Å². The van der Waals surface area contributed by atoms with Gasteiger partial charge in [0.2, 0.25) is 11.9 Å². The number of hydrogen-bond acceptors (Lipinski definition) is 7. The van der Waals surface area contributed by atoms with Gasteiger partial charge in [0.05, 0.1) is 24.8 Å². The molecule has 1 N–H and O–H groups in total. The van der Waals surface area contributed by atoms with Crippen molar-refractivity contribution in [3.8, 4) is 0 Å². The van der Waals surface area contributed by atoms with Crippen LogP contribution >= 0.6 is 0 Å². The second kappa shape index (κ2) is 5.49. The predicted octanol–water partition coefficient (Wildman–Crippen LogP) is 1.12. The number of nitrogens with one attached hydrogen (secondary N) is 1. The van der Waals surface area contributed by atoms with Gasteiger partial charge in [-0.25, -0.2) is 19.9 Å². The quantitative estimate of drug-likeness (QED) is 0.909. The second-order valence-electron chi connectivity index (χ2n) is 5.83. The molecule has 0 aliphatic carbocycles. The molecule has 2 unspecified atom stereocenters. The van der Waals surface area contributed by atoms with Crippen LogP contribution in [0.4, 0.5) is 11.9 Å². The van der Waals surface area contributed by atoms with Gasteiger partial charge >= 0.3 is 0 Å². The molecule has 0 radical (unpaired) electrons. The molecule has 0 bridgehead atoms. The van der Waals surface area contributed by atoms with Crippen molar-refractivity contribution in [2.45, 2.75) is 24.5 Å². The predicted molar refractivity (Wildman–Crippen MR) is 81.6 cm³/mol. The lowest BCUT2D eigenvalue weighted by Gasteiger charge is -2.23. The van der Waals surface area contributed by atoms with Crippen LogP contribution in [0.2, 0.25) is 0 Å². The number of nitrogens with zero attached hydrogens (tertiary/aromatic N) is 5. The highest BCUT2D eigenvalue weighted by atomic mass is 16.5. The number of rotatable bonds is 3. The normalized spacial score (nSPS) is 27.5. The third-order valence-corrected chi connectivity index (χ3v) is 4.26. The molecular weight excluding hydrogens is 280 g/mol. The zero-order valence-electron chi connectivity index (χ0n) is 12.2. The van der Waals surface area contributed by atoms with E-state index < -0.39 is 0 Å². The maximum Gasteiger partial charge on any atom is 0.225 e. The Hall–Kier alpha value is -2.28. The molecule has 22 heavy (non-hydrogen) atoms. The van der Waals surface area contributed by atoms with Gasteiger partial charge in [0.1, 0.15) is 0 Å². The Kier molecular flexibility index (Phi) is 3.34. The molecule has 2 aliphatic heterocycles. The van der Waals surface area contributed by atoms with Crippen LogP contribution in [0.25, 0.3) is 0 Å². The lowest BCUT2D eigenvalue weighted by atomic mass is 9.97. The summed E-state index contributed by atoms with van der Waals surface area (Å²) in [5.74, 6) is 1.44. The first-order valence-electron chi connectivity index (χ1n) is 7.53. The van der Waals surface area contributed by atoms with E-state index in [1.807, 2.05) is 12.1 Å². The molecule has 2 aliphatic rings. The van der Waals surface area contributed by atoms with E-state index in [-0.39, 0.29) is 11.6 Å². The van der Waals surface area contributed by atoms with Gasteiger partial charge in [0.25, 0.3) is 0 Å². The van der Waals surface area contributed by atoms with Crippen LogP contribution in [0, 0.1) is 0 Å². The van der Waals surface area contributed by atoms with E-state index in [2.05, 4.69) is 30.2 Å². The topological polar surface area (TPSA) is 76.1 Å². The van der Waals surface area contributed by atoms with Crippen molar-refractivity contribution in [1.82, 2.24) is 19.9 Å². The van der Waals surface area contributed by atoms with Gasteiger partial charge < -0.3 is 15.0 Å². The summed E-state index contributed by atoms with van der Waals surface area (Å²) < 4.78 is 6.12. The van der Waals surface area contributed by atoms with Crippen LogP contribution in [-0.2, 0) is 4.74 Å². The molecule has 2 saturated heterocycles. The van der Waals surface area contributed by atoms with E-state index in [1.54, 1.807) is 24.8 Å². The van der Waals surface area contributed by atoms with E-state index >= 15 is 0 Å². The highest BCUT2D eigenvalue weighted by Crippen LogP contribution is 2.36. The van der Waals surface area contributed by atoms with Crippen molar-refractivity contribution >= 4 is 11.9 Å². The summed E-state index contributed by atoms with van der Waals surface area (Å²) >= 11 is 0. The minimum atomic E-state index is -0.106. The largest absolute Gasteiger partial charge is 0.371 e. The van der Waals surface area contributed by atoms with E-state index in [0.717, 1.165) is 31.9 Å². The molecule has 2 aromatic heterocycles. The fourth-order valence-electron chi connectivity index (χ4n) is 3.25. The summed E-state index contributed by atoms with van der Waals surface area (Å²) in [7, 11) is 0. The first kappa shape index (κ1) is 13.4. The SMILES string of the molecule is c1cnc(NC2COC3(CCN(c4ncccn4)C3)C2)nc1. The number of aromatic nitrogens is 4. The van der Waals surface area contributed by atoms with Crippen molar-refractivity contribution in [2.75, 3.05) is 29.9 Å². The van der Waals surface area contributed by atoms with Crippen molar-refractivity contribution in [2.24, 2.45) is 0 Å². The highest BCUT2D eigenvalue weighted by Gasteiger charge is 2.46. The van der Waals surface area contributed by atoms with Gasteiger partial charge in [0.15, 0.2) is 0 Å². The van der Waals surface area contributed by atoms with Gasteiger partial charge in [-0.3, -0.25) is 0 Å². The smallest absolute Gasteiger partial charge is 0.225 e. The Morgan fingerprint density at radius 1 is 1.09 bits per heavy atom. The summed E-state index contributed by atoms with van der Waals surface area (Å²) in [5, 5.41) is 3.35. The Labute approximate surface area is 128 Å². The zero-order chi connectivity index (χ0) is 14.8. The Bertz CT molecular complexity index is 624. The average Bonchev–Trinajstić information content (AvgIpc) is 3.17. The van der Waals surface area contributed by atoms with E-state index in [0.29, 0.717) is 12.6 Å². The molecule has 7 nitrogen and oxygen atoms in total. The van der Waals surface area contributed by atoms with Crippen molar-refractivity contribution < 1.29 is 4.74 Å². The van der Waals surface area contributed by atoms with Crippen molar-refractivity contribution in [3.05, 3.63) is 36.9 Å². The summed E-state index contributed by atoms with van der Waals surface area (Å²) in [6.07, 6.45) is 8.99. The lowest BCUT2D eigenvalue weighted by molar-refractivity contribution is 0.0228. The minimum Gasteiger partial charge on any atom is -0.371 e. The van der Waals surface area contributed by atoms with Gasteiger partial charge in [-0.15, -0.1) is 0 Å². The van der Waals surface area contributed by atoms with Crippen LogP contribution in [0.3, 0.4) is 0 Å². The molecule has 2 aromatic rings. The molecule has 2 atom stereocenters. The van der Waals surface area contributed by atoms with Gasteiger partial charge in [-0.2, -0.15) is 0 Å². The van der Waals surface area contributed by atoms with Gasteiger partial charge in [0, 0.05) is 37.8 Å². The van der Waals surface area contributed by atoms with Crippen LogP contribution in [-0.4, -0.2) is 51.3 Å². The highest BCUT2D eigenvalue weighted by molar-refractivity contribution is 5.34. The van der Waals surface area contributed by atoms with Crippen molar-refractivity contribution in [3.63, 3.8) is 0 Å². The summed E-state index contributed by atoms with van der Waals surface area (Å²) in [4.78, 5) is 19.3. The molecule has 7 heteroatoms. The molecule has 0 aromatic carbocycles. The monoisotopic (exact) mass is 298 g/mol. The number of hydrogen-bond donors (Lipinski definition) is 1. The van der Waals surface area contributed by atoms with Crippen LogP contribution in [0.15, 0.2) is 36.9 Å². The van der Waals surface area contributed by atoms with Gasteiger partial charge in [-0.05, 0) is 18.6 Å². The Balaban J connectivity index is 1.40. The van der Waals surface area contributed by atoms with Gasteiger partial charge in [-0.1, -0.05) is 0 Å². The van der Waals surface area contributed by atoms with E-state index in [4.69, 9.17) is 4.74 Å². The second-order valence-corrected chi connectivity index (χ2v) is 5.83. The zero-order valence-corrected chi connectivity index (χ0v) is 12.2. The Morgan fingerprint density at radius 3 is 2.59 bits per heavy atom. The molecular formula is C15H18N6O. The maximum atomic E-state index is 6.12. The van der Waals surface area contributed by atoms with E-state index in [1.165, 1.54) is 0 Å². The third kappa shape index (κ3) is 2.59. The summed E-state index contributed by atoms with van der Waals surface area (Å²) in [6.45, 7) is 2.45. The van der Waals surface area contributed by atoms with E-state index in [9.17, 15) is 0 Å². The standard InChI is InChI=1S/C15H18N6O/c1-4-16-13(17-5-1)20-12-9-15(22-10-12)3-8-21(11-15)14-18-6-2-7-19-14/h1-2,4-7,12H,3,8-11H2,(H,16,17,20). The molecule has 4 heterocycles.